The number of nitrogens with one attached hydrogen (secondary N) is 1. The van der Waals surface area contributed by atoms with Crippen molar-refractivity contribution in [2.75, 3.05) is 26.2 Å². The third kappa shape index (κ3) is 4.66. The van der Waals surface area contributed by atoms with E-state index in [2.05, 4.69) is 10.2 Å². The van der Waals surface area contributed by atoms with E-state index in [0.29, 0.717) is 12.0 Å². The summed E-state index contributed by atoms with van der Waals surface area (Å²) in [6.07, 6.45) is 7.76. The Bertz CT molecular complexity index is 330. The van der Waals surface area contributed by atoms with Gasteiger partial charge in [-0.1, -0.05) is 19.3 Å². The molecular formula is C13H23ClN2O3. The molecule has 1 saturated heterocycles. The largest absolute Gasteiger partial charge is 0.480 e. The Morgan fingerprint density at radius 1 is 1.16 bits per heavy atom. The first-order chi connectivity index (χ1) is 8.60. The van der Waals surface area contributed by atoms with Crippen LogP contribution in [-0.2, 0) is 9.59 Å². The molecule has 0 atom stereocenters. The number of rotatable bonds is 4. The third-order valence-electron chi connectivity index (χ3n) is 4.24. The molecule has 2 fully saturated rings. The van der Waals surface area contributed by atoms with Crippen LogP contribution >= 0.6 is 12.4 Å². The van der Waals surface area contributed by atoms with Crippen molar-refractivity contribution in [3.63, 3.8) is 0 Å². The molecule has 2 rings (SSSR count). The second-order valence-corrected chi connectivity index (χ2v) is 5.69. The standard InChI is InChI=1S/C13H22N2O3.ClH/c16-11(14-8-12(17)18)9-15-7-6-13(10-15)4-2-1-3-5-13;/h1-10H2,(H,14,16)(H,17,18);1H. The predicted molar refractivity (Wildman–Crippen MR) is 74.5 cm³/mol. The Kier molecular flexibility index (Phi) is 6.07. The number of carbonyl (C=O) groups excluding carboxylic acids is 1. The summed E-state index contributed by atoms with van der Waals surface area (Å²) in [7, 11) is 0. The first kappa shape index (κ1) is 16.2. The van der Waals surface area contributed by atoms with Crippen molar-refractivity contribution in [2.24, 2.45) is 5.41 Å². The smallest absolute Gasteiger partial charge is 0.322 e. The maximum absolute atomic E-state index is 11.6. The number of aliphatic carboxylic acids is 1. The number of hydrogen-bond acceptors (Lipinski definition) is 3. The van der Waals surface area contributed by atoms with Gasteiger partial charge in [0.2, 0.25) is 5.91 Å². The summed E-state index contributed by atoms with van der Waals surface area (Å²) in [5.41, 5.74) is 0.450. The molecule has 1 spiro atoms. The maximum atomic E-state index is 11.6. The molecule has 0 aromatic heterocycles. The van der Waals surface area contributed by atoms with Gasteiger partial charge >= 0.3 is 5.97 Å². The van der Waals surface area contributed by atoms with Gasteiger partial charge in [0.15, 0.2) is 0 Å². The highest BCUT2D eigenvalue weighted by Gasteiger charge is 2.38. The fourth-order valence-corrected chi connectivity index (χ4v) is 3.31. The number of amides is 1. The highest BCUT2D eigenvalue weighted by molar-refractivity contribution is 5.85. The van der Waals surface area contributed by atoms with E-state index in [1.807, 2.05) is 0 Å². The minimum Gasteiger partial charge on any atom is -0.480 e. The molecule has 1 aliphatic heterocycles. The Morgan fingerprint density at radius 2 is 1.84 bits per heavy atom. The summed E-state index contributed by atoms with van der Waals surface area (Å²) in [5.74, 6) is -1.17. The van der Waals surface area contributed by atoms with Crippen molar-refractivity contribution in [2.45, 2.75) is 38.5 Å². The van der Waals surface area contributed by atoms with Gasteiger partial charge in [0, 0.05) is 6.54 Å². The summed E-state index contributed by atoms with van der Waals surface area (Å²) in [6, 6.07) is 0. The van der Waals surface area contributed by atoms with E-state index < -0.39 is 5.97 Å². The van der Waals surface area contributed by atoms with Gasteiger partial charge in [0.05, 0.1) is 6.54 Å². The van der Waals surface area contributed by atoms with Gasteiger partial charge in [-0.2, -0.15) is 0 Å². The molecule has 0 aromatic carbocycles. The number of halogens is 1. The lowest BCUT2D eigenvalue weighted by Gasteiger charge is -2.33. The highest BCUT2D eigenvalue weighted by Crippen LogP contribution is 2.43. The SMILES string of the molecule is Cl.O=C(O)CNC(=O)CN1CCC2(CCCCC2)C1. The highest BCUT2D eigenvalue weighted by atomic mass is 35.5. The van der Waals surface area contributed by atoms with Gasteiger partial charge in [0.25, 0.3) is 0 Å². The molecule has 19 heavy (non-hydrogen) atoms. The van der Waals surface area contributed by atoms with Crippen LogP contribution in [0.3, 0.4) is 0 Å². The maximum Gasteiger partial charge on any atom is 0.322 e. The molecule has 5 nitrogen and oxygen atoms in total. The topological polar surface area (TPSA) is 69.6 Å². The number of carboxylic acids is 1. The molecular weight excluding hydrogens is 268 g/mol. The van der Waals surface area contributed by atoms with E-state index in [1.54, 1.807) is 0 Å². The molecule has 0 radical (unpaired) electrons. The molecule has 0 bridgehead atoms. The van der Waals surface area contributed by atoms with Gasteiger partial charge in [0.1, 0.15) is 6.54 Å². The van der Waals surface area contributed by atoms with Crippen molar-refractivity contribution in [1.29, 1.82) is 0 Å². The number of carbonyl (C=O) groups is 2. The van der Waals surface area contributed by atoms with Crippen LogP contribution in [0.1, 0.15) is 38.5 Å². The molecule has 0 unspecified atom stereocenters. The molecule has 1 amide bonds. The normalized spacial score (nSPS) is 21.9. The van der Waals surface area contributed by atoms with Gasteiger partial charge in [-0.3, -0.25) is 14.5 Å². The second kappa shape index (κ2) is 7.10. The van der Waals surface area contributed by atoms with E-state index in [-0.39, 0.29) is 24.9 Å². The first-order valence-electron chi connectivity index (χ1n) is 6.81. The van der Waals surface area contributed by atoms with E-state index in [4.69, 9.17) is 5.11 Å². The van der Waals surface area contributed by atoms with Crippen LogP contribution in [0.2, 0.25) is 0 Å². The quantitative estimate of drug-likeness (QED) is 0.818. The average Bonchev–Trinajstić information content (AvgIpc) is 2.70. The van der Waals surface area contributed by atoms with Gasteiger partial charge in [-0.05, 0) is 31.2 Å². The minimum absolute atomic E-state index is 0. The lowest BCUT2D eigenvalue weighted by atomic mass is 9.73. The Morgan fingerprint density at radius 3 is 2.47 bits per heavy atom. The van der Waals surface area contributed by atoms with E-state index in [9.17, 15) is 9.59 Å². The molecule has 1 saturated carbocycles. The van der Waals surface area contributed by atoms with Crippen molar-refractivity contribution >= 4 is 24.3 Å². The molecule has 2 N–H and O–H groups in total. The lowest BCUT2D eigenvalue weighted by molar-refractivity contribution is -0.138. The van der Waals surface area contributed by atoms with Crippen LogP contribution < -0.4 is 5.32 Å². The molecule has 1 aliphatic carbocycles. The van der Waals surface area contributed by atoms with Crippen LogP contribution in [-0.4, -0.2) is 48.1 Å². The van der Waals surface area contributed by atoms with Crippen LogP contribution in [0.25, 0.3) is 0 Å². The zero-order valence-electron chi connectivity index (χ0n) is 11.2. The third-order valence-corrected chi connectivity index (χ3v) is 4.24. The lowest BCUT2D eigenvalue weighted by Crippen LogP contribution is -2.39. The van der Waals surface area contributed by atoms with E-state index >= 15 is 0 Å². The molecule has 0 aromatic rings. The summed E-state index contributed by atoms with van der Waals surface area (Å²) in [4.78, 5) is 24.1. The summed E-state index contributed by atoms with van der Waals surface area (Å²) in [5, 5.41) is 10.9. The van der Waals surface area contributed by atoms with Gasteiger partial charge in [-0.15, -0.1) is 12.4 Å². The van der Waals surface area contributed by atoms with Crippen LogP contribution in [0.4, 0.5) is 0 Å². The fraction of sp³-hybridized carbons (Fsp3) is 0.846. The number of hydrogen-bond donors (Lipinski definition) is 2. The molecule has 110 valence electrons. The van der Waals surface area contributed by atoms with Crippen molar-refractivity contribution < 1.29 is 14.7 Å². The molecule has 2 aliphatic rings. The average molecular weight is 291 g/mol. The molecule has 1 heterocycles. The number of carboxylic acid groups (broad SMARTS) is 1. The van der Waals surface area contributed by atoms with Crippen LogP contribution in [0.15, 0.2) is 0 Å². The van der Waals surface area contributed by atoms with Gasteiger partial charge in [-0.25, -0.2) is 0 Å². The fourth-order valence-electron chi connectivity index (χ4n) is 3.31. The van der Waals surface area contributed by atoms with E-state index in [0.717, 1.165) is 13.1 Å². The second-order valence-electron chi connectivity index (χ2n) is 5.69. The zero-order valence-corrected chi connectivity index (χ0v) is 12.0. The Hall–Kier alpha value is -0.810. The molecule has 6 heteroatoms. The van der Waals surface area contributed by atoms with E-state index in [1.165, 1.54) is 38.5 Å². The number of likely N-dealkylation sites (tertiary alicyclic amines) is 1. The summed E-state index contributed by atoms with van der Waals surface area (Å²) in [6.45, 7) is 2.04. The summed E-state index contributed by atoms with van der Waals surface area (Å²) >= 11 is 0. The van der Waals surface area contributed by atoms with Crippen LogP contribution in [0.5, 0.6) is 0 Å². The van der Waals surface area contributed by atoms with Crippen molar-refractivity contribution in [3.05, 3.63) is 0 Å². The van der Waals surface area contributed by atoms with Gasteiger partial charge < -0.3 is 10.4 Å². The predicted octanol–water partition coefficient (Wildman–Crippen LogP) is 1.27. The van der Waals surface area contributed by atoms with Crippen molar-refractivity contribution in [3.8, 4) is 0 Å². The van der Waals surface area contributed by atoms with Crippen molar-refractivity contribution in [1.82, 2.24) is 10.2 Å². The minimum atomic E-state index is -0.992. The monoisotopic (exact) mass is 290 g/mol. The van der Waals surface area contributed by atoms with Crippen LogP contribution in [0, 0.1) is 5.41 Å². The summed E-state index contributed by atoms with van der Waals surface area (Å²) < 4.78 is 0. The Labute approximate surface area is 120 Å². The number of nitrogens with zero attached hydrogens (tertiary/aromatic N) is 1. The Balaban J connectivity index is 0.00000180. The first-order valence-corrected chi connectivity index (χ1v) is 6.81. The zero-order chi connectivity index (χ0) is 13.0.